The molecule has 2 saturated carbocycles. The van der Waals surface area contributed by atoms with E-state index in [0.717, 1.165) is 31.2 Å². The van der Waals surface area contributed by atoms with Gasteiger partial charge in [0, 0.05) is 24.0 Å². The van der Waals surface area contributed by atoms with Crippen LogP contribution in [0.15, 0.2) is 71.8 Å². The Morgan fingerprint density at radius 2 is 1.67 bits per heavy atom. The van der Waals surface area contributed by atoms with Gasteiger partial charge in [0.1, 0.15) is 28.6 Å². The van der Waals surface area contributed by atoms with Crippen molar-refractivity contribution in [3.63, 3.8) is 0 Å². The number of carbonyl (C=O) groups excluding carboxylic acids is 3. The minimum atomic E-state index is -0.863. The third kappa shape index (κ3) is 6.38. The van der Waals surface area contributed by atoms with Gasteiger partial charge < -0.3 is 19.7 Å². The molecular formula is C41H48O8. The number of aliphatic carboxylic acids is 1. The zero-order valence-electron chi connectivity index (χ0n) is 29.4. The van der Waals surface area contributed by atoms with Crippen molar-refractivity contribution in [2.75, 3.05) is 14.2 Å². The Hall–Kier alpha value is -4.46. The molecule has 6 atom stereocenters. The Balaban J connectivity index is 0.000000200. The van der Waals surface area contributed by atoms with Crippen molar-refractivity contribution in [2.24, 2.45) is 34.0 Å². The summed E-state index contributed by atoms with van der Waals surface area (Å²) in [6, 6.07) is 12.4. The first-order chi connectivity index (χ1) is 23.2. The van der Waals surface area contributed by atoms with Crippen molar-refractivity contribution < 1.29 is 38.9 Å². The van der Waals surface area contributed by atoms with Crippen molar-refractivity contribution in [3.05, 3.63) is 83.0 Å². The molecule has 0 amide bonds. The van der Waals surface area contributed by atoms with Crippen molar-refractivity contribution in [2.45, 2.75) is 72.6 Å². The maximum Gasteiger partial charge on any atom is 0.304 e. The number of carboxylic acids is 1. The predicted octanol–water partition coefficient (Wildman–Crippen LogP) is 8.04. The third-order valence-electron chi connectivity index (χ3n) is 12.3. The summed E-state index contributed by atoms with van der Waals surface area (Å²) in [7, 11) is 2.91. The first-order valence-electron chi connectivity index (χ1n) is 17.1. The lowest BCUT2D eigenvalue weighted by molar-refractivity contribution is -0.153. The first kappa shape index (κ1) is 35.8. The van der Waals surface area contributed by atoms with Gasteiger partial charge in [0.2, 0.25) is 0 Å². The molecule has 0 aromatic heterocycles. The number of aromatic hydroxyl groups is 1. The number of fused-ring (bicyclic) bond motifs is 5. The van der Waals surface area contributed by atoms with Crippen LogP contribution in [0.2, 0.25) is 0 Å². The normalized spacial score (nSPS) is 30.1. The molecule has 4 aliphatic rings. The number of ketones is 3. The summed E-state index contributed by atoms with van der Waals surface area (Å²) < 4.78 is 10.2. The fourth-order valence-electron chi connectivity index (χ4n) is 9.72. The first-order valence-corrected chi connectivity index (χ1v) is 17.1. The standard InChI is InChI=1S/C24H32O4.C17H16O4/c1-14-11-17-18(22(3)8-5-16(26)12-20(14)22)6-9-23(4)19(17)7-10-24(23,15(2)25)13-21(27)28;1-20-13-10-15(19)17(16(11-13)21-2)14(18)9-8-12-6-4-3-5-7-12/h11-12,17-19H,5-10,13H2,1-4H3,(H,27,28);3-11,19H,1-2H3. The van der Waals surface area contributed by atoms with Crippen LogP contribution in [-0.4, -0.2) is 47.8 Å². The second-order valence-corrected chi connectivity index (χ2v) is 14.6. The SMILES string of the molecule is CC(=O)C1(CC(=O)O)CCC2C3C=C(C)C4=CC(=O)CCC4(C)C3CCC21C.COc1cc(O)c(C(=O)C=Cc2ccccc2)c(OC)c1. The van der Waals surface area contributed by atoms with Crippen LogP contribution in [0.5, 0.6) is 17.2 Å². The van der Waals surface area contributed by atoms with Crippen LogP contribution >= 0.6 is 0 Å². The van der Waals surface area contributed by atoms with E-state index < -0.39 is 11.4 Å². The van der Waals surface area contributed by atoms with Crippen LogP contribution in [0.3, 0.4) is 0 Å². The van der Waals surface area contributed by atoms with Gasteiger partial charge in [0.25, 0.3) is 0 Å². The molecule has 8 nitrogen and oxygen atoms in total. The molecule has 0 spiro atoms. The highest BCUT2D eigenvalue weighted by atomic mass is 16.5. The molecule has 2 fully saturated rings. The maximum absolute atomic E-state index is 12.8. The quantitative estimate of drug-likeness (QED) is 0.214. The van der Waals surface area contributed by atoms with Crippen molar-refractivity contribution in [1.29, 1.82) is 0 Å². The topological polar surface area (TPSA) is 127 Å². The van der Waals surface area contributed by atoms with Gasteiger partial charge in [0.05, 0.1) is 20.6 Å². The van der Waals surface area contributed by atoms with Gasteiger partial charge in [-0.2, -0.15) is 0 Å². The zero-order valence-corrected chi connectivity index (χ0v) is 29.4. The lowest BCUT2D eigenvalue weighted by Gasteiger charge is -2.58. The summed E-state index contributed by atoms with van der Waals surface area (Å²) in [5.74, 6) is 0.776. The molecule has 260 valence electrons. The van der Waals surface area contributed by atoms with Crippen LogP contribution in [-0.2, 0) is 14.4 Å². The second-order valence-electron chi connectivity index (χ2n) is 14.6. The van der Waals surface area contributed by atoms with E-state index in [-0.39, 0.29) is 51.7 Å². The van der Waals surface area contributed by atoms with Crippen molar-refractivity contribution >= 4 is 29.4 Å². The van der Waals surface area contributed by atoms with Crippen molar-refractivity contribution in [3.8, 4) is 17.2 Å². The highest BCUT2D eigenvalue weighted by Crippen LogP contribution is 2.70. The van der Waals surface area contributed by atoms with Gasteiger partial charge in [-0.3, -0.25) is 19.2 Å². The lowest BCUT2D eigenvalue weighted by atomic mass is 9.45. The smallest absolute Gasteiger partial charge is 0.304 e. The molecule has 0 saturated heterocycles. The zero-order chi connectivity index (χ0) is 35.7. The number of rotatable bonds is 8. The minimum Gasteiger partial charge on any atom is -0.507 e. The maximum atomic E-state index is 12.8. The number of methoxy groups -OCH3 is 2. The summed E-state index contributed by atoms with van der Waals surface area (Å²) in [6.07, 6.45) is 12.3. The van der Waals surface area contributed by atoms with E-state index in [4.69, 9.17) is 9.47 Å². The fraction of sp³-hybridized carbons (Fsp3) is 0.463. The molecule has 0 radical (unpaired) electrons. The van der Waals surface area contributed by atoms with Crippen molar-refractivity contribution in [1.82, 2.24) is 0 Å². The third-order valence-corrected chi connectivity index (χ3v) is 12.3. The fourth-order valence-corrected chi connectivity index (χ4v) is 9.72. The largest absolute Gasteiger partial charge is 0.507 e. The number of ether oxygens (including phenoxy) is 2. The molecule has 2 N–H and O–H groups in total. The minimum absolute atomic E-state index is 0.0208. The number of benzene rings is 2. The molecule has 6 rings (SSSR count). The van der Waals surface area contributed by atoms with Crippen LogP contribution in [0, 0.1) is 34.0 Å². The summed E-state index contributed by atoms with van der Waals surface area (Å²) in [4.78, 5) is 48.8. The van der Waals surface area contributed by atoms with E-state index >= 15 is 0 Å². The van der Waals surface area contributed by atoms with E-state index in [1.807, 2.05) is 36.4 Å². The highest BCUT2D eigenvalue weighted by molar-refractivity contribution is 6.10. The molecule has 49 heavy (non-hydrogen) atoms. The number of allylic oxidation sites excluding steroid dienone is 5. The average Bonchev–Trinajstić information content (AvgIpc) is 3.37. The van der Waals surface area contributed by atoms with Crippen LogP contribution < -0.4 is 9.47 Å². The Bertz CT molecular complexity index is 1730. The summed E-state index contributed by atoms with van der Waals surface area (Å²) in [6.45, 7) is 8.23. The molecule has 6 unspecified atom stereocenters. The molecule has 0 aliphatic heterocycles. The summed E-state index contributed by atoms with van der Waals surface area (Å²) in [5.41, 5.74) is 2.46. The van der Waals surface area contributed by atoms with E-state index in [1.165, 1.54) is 37.5 Å². The Labute approximate surface area is 288 Å². The number of phenolic OH excluding ortho intramolecular Hbond substituents is 1. The van der Waals surface area contributed by atoms with E-state index in [9.17, 15) is 29.4 Å². The molecule has 8 heteroatoms. The number of Topliss-reactive ketones (excluding diaryl/α,β-unsaturated/α-hetero) is 1. The summed E-state index contributed by atoms with van der Waals surface area (Å²) >= 11 is 0. The number of hydrogen-bond donors (Lipinski definition) is 2. The number of carbonyl (C=O) groups is 4. The monoisotopic (exact) mass is 668 g/mol. The molecule has 2 aromatic rings. The Morgan fingerprint density at radius 1 is 0.980 bits per heavy atom. The van der Waals surface area contributed by atoms with E-state index in [2.05, 4.69) is 26.8 Å². The number of carboxylic acid groups (broad SMARTS) is 1. The molecule has 4 aliphatic carbocycles. The van der Waals surface area contributed by atoms with Gasteiger partial charge in [-0.05, 0) is 97.8 Å². The van der Waals surface area contributed by atoms with Gasteiger partial charge in [-0.15, -0.1) is 0 Å². The van der Waals surface area contributed by atoms with Gasteiger partial charge in [0.15, 0.2) is 11.6 Å². The highest BCUT2D eigenvalue weighted by Gasteiger charge is 2.65. The Kier molecular flexibility index (Phi) is 10.1. The second kappa shape index (κ2) is 13.8. The van der Waals surface area contributed by atoms with Crippen LogP contribution in [0.25, 0.3) is 6.08 Å². The van der Waals surface area contributed by atoms with Gasteiger partial charge in [-0.1, -0.05) is 61.9 Å². The molecule has 0 heterocycles. The van der Waals surface area contributed by atoms with Gasteiger partial charge >= 0.3 is 5.97 Å². The molecule has 0 bridgehead atoms. The average molecular weight is 669 g/mol. The molecule has 2 aromatic carbocycles. The lowest BCUT2D eigenvalue weighted by Crippen LogP contribution is -2.54. The number of phenols is 1. The van der Waals surface area contributed by atoms with Gasteiger partial charge in [-0.25, -0.2) is 0 Å². The predicted molar refractivity (Wildman–Crippen MR) is 188 cm³/mol. The Morgan fingerprint density at radius 3 is 2.31 bits per heavy atom. The summed E-state index contributed by atoms with van der Waals surface area (Å²) in [5, 5.41) is 19.6. The molecular weight excluding hydrogens is 620 g/mol. The number of hydrogen-bond acceptors (Lipinski definition) is 7. The van der Waals surface area contributed by atoms with Crippen LogP contribution in [0.4, 0.5) is 0 Å². The van der Waals surface area contributed by atoms with E-state index in [1.54, 1.807) is 19.1 Å². The van der Waals surface area contributed by atoms with Crippen LogP contribution in [0.1, 0.15) is 88.6 Å². The van der Waals surface area contributed by atoms with E-state index in [0.29, 0.717) is 36.3 Å².